The first-order chi connectivity index (χ1) is 14.5. The molecule has 4 nitrogen and oxygen atoms in total. The highest BCUT2D eigenvalue weighted by atomic mass is 79.9. The van der Waals surface area contributed by atoms with Gasteiger partial charge in [-0.2, -0.15) is 0 Å². The van der Waals surface area contributed by atoms with Crippen LogP contribution in [0.1, 0.15) is 56.6 Å². The lowest BCUT2D eigenvalue weighted by atomic mass is 9.95. The van der Waals surface area contributed by atoms with E-state index in [-0.39, 0.29) is 17.9 Å². The Labute approximate surface area is 188 Å². The Kier molecular flexibility index (Phi) is 8.50. The van der Waals surface area contributed by atoms with E-state index in [4.69, 9.17) is 0 Å². The standard InChI is InChI=1S/C25H31BrN2O2/c1-19(25(30)27-23-10-6-3-7-11-23)28(18-21-12-15-22(26)16-13-21)24(29)17-14-20-8-4-2-5-9-20/h2,4-5,8-9,12-13,15-16,19,23H,3,6-7,10-11,14,17-18H2,1H3,(H,27,30)/t19-/m1/s1. The molecule has 0 aliphatic heterocycles. The van der Waals surface area contributed by atoms with Gasteiger partial charge in [0, 0.05) is 23.5 Å². The summed E-state index contributed by atoms with van der Waals surface area (Å²) in [6, 6.07) is 17.7. The van der Waals surface area contributed by atoms with E-state index in [1.54, 1.807) is 4.90 Å². The molecule has 2 aromatic rings. The second kappa shape index (κ2) is 11.3. The van der Waals surface area contributed by atoms with Gasteiger partial charge in [0.05, 0.1) is 0 Å². The molecule has 1 fully saturated rings. The highest BCUT2D eigenvalue weighted by molar-refractivity contribution is 9.10. The van der Waals surface area contributed by atoms with Crippen LogP contribution in [0.5, 0.6) is 0 Å². The first kappa shape index (κ1) is 22.5. The average molecular weight is 471 g/mol. The molecule has 1 aliphatic rings. The smallest absolute Gasteiger partial charge is 0.242 e. The lowest BCUT2D eigenvalue weighted by Crippen LogP contribution is -2.50. The number of amides is 2. The van der Waals surface area contributed by atoms with Crippen LogP contribution in [0, 0.1) is 0 Å². The summed E-state index contributed by atoms with van der Waals surface area (Å²) in [5.74, 6) is -0.0415. The Morgan fingerprint density at radius 2 is 1.67 bits per heavy atom. The number of carbonyl (C=O) groups excluding carboxylic acids is 2. The zero-order chi connectivity index (χ0) is 21.3. The molecule has 5 heteroatoms. The molecule has 0 unspecified atom stereocenters. The summed E-state index contributed by atoms with van der Waals surface area (Å²) in [6.45, 7) is 2.28. The lowest BCUT2D eigenvalue weighted by Gasteiger charge is -2.31. The van der Waals surface area contributed by atoms with Crippen LogP contribution in [0.2, 0.25) is 0 Å². The van der Waals surface area contributed by atoms with Crippen molar-refractivity contribution in [1.29, 1.82) is 0 Å². The Morgan fingerprint density at radius 1 is 1.00 bits per heavy atom. The molecule has 0 radical (unpaired) electrons. The summed E-state index contributed by atoms with van der Waals surface area (Å²) in [5, 5.41) is 3.18. The molecule has 1 saturated carbocycles. The maximum Gasteiger partial charge on any atom is 0.242 e. The number of aryl methyl sites for hydroxylation is 1. The van der Waals surface area contributed by atoms with Crippen LogP contribution in [0.4, 0.5) is 0 Å². The van der Waals surface area contributed by atoms with Crippen LogP contribution in [0.3, 0.4) is 0 Å². The number of hydrogen-bond acceptors (Lipinski definition) is 2. The number of hydrogen-bond donors (Lipinski definition) is 1. The third kappa shape index (κ3) is 6.69. The molecule has 30 heavy (non-hydrogen) atoms. The van der Waals surface area contributed by atoms with Crippen molar-refractivity contribution < 1.29 is 9.59 Å². The fourth-order valence-corrected chi connectivity index (χ4v) is 4.24. The topological polar surface area (TPSA) is 49.4 Å². The third-order valence-corrected chi connectivity index (χ3v) is 6.38. The minimum Gasteiger partial charge on any atom is -0.352 e. The van der Waals surface area contributed by atoms with Gasteiger partial charge in [-0.1, -0.05) is 77.7 Å². The number of benzene rings is 2. The highest BCUT2D eigenvalue weighted by Crippen LogP contribution is 2.19. The number of rotatable bonds is 8. The van der Waals surface area contributed by atoms with Gasteiger partial charge >= 0.3 is 0 Å². The normalized spacial score (nSPS) is 15.4. The zero-order valence-electron chi connectivity index (χ0n) is 17.6. The molecule has 2 amide bonds. The van der Waals surface area contributed by atoms with E-state index in [2.05, 4.69) is 21.2 Å². The summed E-state index contributed by atoms with van der Waals surface area (Å²) in [7, 11) is 0. The molecule has 1 atom stereocenters. The summed E-state index contributed by atoms with van der Waals surface area (Å²) in [5.41, 5.74) is 2.15. The average Bonchev–Trinajstić information content (AvgIpc) is 2.78. The first-order valence-corrected chi connectivity index (χ1v) is 11.7. The summed E-state index contributed by atoms with van der Waals surface area (Å²) in [4.78, 5) is 27.9. The minimum absolute atomic E-state index is 0.00747. The predicted molar refractivity (Wildman–Crippen MR) is 124 cm³/mol. The molecular weight excluding hydrogens is 440 g/mol. The van der Waals surface area contributed by atoms with E-state index in [9.17, 15) is 9.59 Å². The fourth-order valence-electron chi connectivity index (χ4n) is 3.98. The molecule has 0 aromatic heterocycles. The molecule has 1 aliphatic carbocycles. The zero-order valence-corrected chi connectivity index (χ0v) is 19.2. The Balaban J connectivity index is 1.68. The van der Waals surface area contributed by atoms with Crippen LogP contribution >= 0.6 is 15.9 Å². The number of carbonyl (C=O) groups is 2. The number of nitrogens with zero attached hydrogens (tertiary/aromatic N) is 1. The fraction of sp³-hybridized carbons (Fsp3) is 0.440. The predicted octanol–water partition coefficient (Wildman–Crippen LogP) is 5.25. The second-order valence-electron chi connectivity index (χ2n) is 8.15. The SMILES string of the molecule is C[C@H](C(=O)NC1CCCCC1)N(Cc1ccc(Br)cc1)C(=O)CCc1ccccc1. The molecule has 0 bridgehead atoms. The molecular formula is C25H31BrN2O2. The molecule has 2 aromatic carbocycles. The molecule has 0 saturated heterocycles. The molecule has 3 rings (SSSR count). The van der Waals surface area contributed by atoms with E-state index in [0.29, 0.717) is 19.4 Å². The highest BCUT2D eigenvalue weighted by Gasteiger charge is 2.27. The van der Waals surface area contributed by atoms with Crippen molar-refractivity contribution in [1.82, 2.24) is 10.2 Å². The van der Waals surface area contributed by atoms with Gasteiger partial charge in [-0.05, 0) is 49.4 Å². The molecule has 0 heterocycles. The van der Waals surface area contributed by atoms with Gasteiger partial charge in [0.2, 0.25) is 11.8 Å². The minimum atomic E-state index is -0.501. The third-order valence-electron chi connectivity index (χ3n) is 5.86. The maximum absolute atomic E-state index is 13.2. The Hall–Kier alpha value is -2.14. The van der Waals surface area contributed by atoms with Crippen LogP contribution in [-0.4, -0.2) is 28.8 Å². The Morgan fingerprint density at radius 3 is 2.33 bits per heavy atom. The van der Waals surface area contributed by atoms with Gasteiger partial charge in [-0.15, -0.1) is 0 Å². The summed E-state index contributed by atoms with van der Waals surface area (Å²) >= 11 is 3.45. The monoisotopic (exact) mass is 470 g/mol. The van der Waals surface area contributed by atoms with Crippen LogP contribution in [0.25, 0.3) is 0 Å². The lowest BCUT2D eigenvalue weighted by molar-refractivity contribution is -0.141. The molecule has 1 N–H and O–H groups in total. The Bertz CT molecular complexity index is 817. The van der Waals surface area contributed by atoms with E-state index in [1.807, 2.05) is 61.5 Å². The van der Waals surface area contributed by atoms with Crippen molar-refractivity contribution in [3.63, 3.8) is 0 Å². The van der Waals surface area contributed by atoms with Gasteiger partial charge in [-0.3, -0.25) is 9.59 Å². The van der Waals surface area contributed by atoms with Gasteiger partial charge in [0.15, 0.2) is 0 Å². The summed E-state index contributed by atoms with van der Waals surface area (Å²) < 4.78 is 0.997. The van der Waals surface area contributed by atoms with Crippen molar-refractivity contribution in [3.8, 4) is 0 Å². The quantitative estimate of drug-likeness (QED) is 0.572. The van der Waals surface area contributed by atoms with E-state index >= 15 is 0 Å². The van der Waals surface area contributed by atoms with Crippen molar-refractivity contribution in [2.45, 2.75) is 70.5 Å². The van der Waals surface area contributed by atoms with Crippen LogP contribution < -0.4 is 5.32 Å². The first-order valence-electron chi connectivity index (χ1n) is 10.9. The van der Waals surface area contributed by atoms with Gasteiger partial charge in [-0.25, -0.2) is 0 Å². The van der Waals surface area contributed by atoms with Crippen molar-refractivity contribution >= 4 is 27.7 Å². The van der Waals surface area contributed by atoms with E-state index in [1.165, 1.54) is 6.42 Å². The van der Waals surface area contributed by atoms with E-state index < -0.39 is 6.04 Å². The molecule has 160 valence electrons. The van der Waals surface area contributed by atoms with Crippen LogP contribution in [0.15, 0.2) is 59.1 Å². The van der Waals surface area contributed by atoms with Crippen molar-refractivity contribution in [2.24, 2.45) is 0 Å². The largest absolute Gasteiger partial charge is 0.352 e. The molecule has 0 spiro atoms. The summed E-state index contributed by atoms with van der Waals surface area (Å²) in [6.07, 6.45) is 6.71. The van der Waals surface area contributed by atoms with Gasteiger partial charge in [0.1, 0.15) is 6.04 Å². The second-order valence-corrected chi connectivity index (χ2v) is 9.07. The number of halogens is 1. The maximum atomic E-state index is 13.2. The van der Waals surface area contributed by atoms with Crippen molar-refractivity contribution in [2.75, 3.05) is 0 Å². The van der Waals surface area contributed by atoms with E-state index in [0.717, 1.165) is 41.3 Å². The number of nitrogens with one attached hydrogen (secondary N) is 1. The van der Waals surface area contributed by atoms with Crippen LogP contribution in [-0.2, 0) is 22.6 Å². The van der Waals surface area contributed by atoms with Gasteiger partial charge in [0.25, 0.3) is 0 Å². The van der Waals surface area contributed by atoms with Crippen molar-refractivity contribution in [3.05, 3.63) is 70.2 Å². The van der Waals surface area contributed by atoms with Gasteiger partial charge < -0.3 is 10.2 Å².